The maximum atomic E-state index is 13.1. The average molecular weight is 407 g/mol. The molecule has 0 aromatic heterocycles. The fourth-order valence-corrected chi connectivity index (χ4v) is 2.30. The van der Waals surface area contributed by atoms with E-state index in [1.165, 1.54) is 33.5 Å². The largest absolute Gasteiger partial charge is 0.496 e. The highest BCUT2D eigenvalue weighted by atomic mass is 19.2. The van der Waals surface area contributed by atoms with Crippen molar-refractivity contribution in [2.24, 2.45) is 0 Å². The summed E-state index contributed by atoms with van der Waals surface area (Å²) in [5.41, 5.74) is 0.559. The number of amides is 1. The first-order chi connectivity index (χ1) is 13.9. The van der Waals surface area contributed by atoms with Crippen LogP contribution in [0.15, 0.2) is 36.4 Å². The molecule has 0 aliphatic heterocycles. The molecule has 0 bridgehead atoms. The molecule has 0 heterocycles. The summed E-state index contributed by atoms with van der Waals surface area (Å²) in [7, 11) is 4.41. The number of rotatable bonds is 8. The van der Waals surface area contributed by atoms with Gasteiger partial charge in [-0.05, 0) is 24.3 Å². The van der Waals surface area contributed by atoms with E-state index in [9.17, 15) is 18.4 Å². The fraction of sp³-hybridized carbons (Fsp3) is 0.200. The van der Waals surface area contributed by atoms with Gasteiger partial charge in [-0.2, -0.15) is 0 Å². The summed E-state index contributed by atoms with van der Waals surface area (Å²) in [4.78, 5) is 23.6. The van der Waals surface area contributed by atoms with Gasteiger partial charge in [0, 0.05) is 29.5 Å². The molecule has 1 N–H and O–H groups in total. The lowest BCUT2D eigenvalue weighted by atomic mass is 10.1. The zero-order chi connectivity index (χ0) is 21.4. The van der Waals surface area contributed by atoms with E-state index >= 15 is 0 Å². The van der Waals surface area contributed by atoms with Crippen LogP contribution in [0.5, 0.6) is 17.2 Å². The summed E-state index contributed by atoms with van der Waals surface area (Å²) in [6.45, 7) is -0.606. The van der Waals surface area contributed by atoms with Gasteiger partial charge in [0.1, 0.15) is 5.75 Å². The van der Waals surface area contributed by atoms with Gasteiger partial charge in [0.25, 0.3) is 5.91 Å². The Hall–Kier alpha value is -3.62. The third-order valence-corrected chi connectivity index (χ3v) is 3.68. The maximum Gasteiger partial charge on any atom is 0.331 e. The number of methoxy groups -OCH3 is 3. The second-order valence-electron chi connectivity index (χ2n) is 5.57. The van der Waals surface area contributed by atoms with Crippen molar-refractivity contribution in [3.05, 3.63) is 53.6 Å². The molecule has 7 nitrogen and oxygen atoms in total. The third kappa shape index (κ3) is 5.93. The van der Waals surface area contributed by atoms with Crippen LogP contribution in [0.2, 0.25) is 0 Å². The molecule has 0 atom stereocenters. The van der Waals surface area contributed by atoms with E-state index < -0.39 is 30.1 Å². The second-order valence-corrected chi connectivity index (χ2v) is 5.57. The van der Waals surface area contributed by atoms with E-state index in [0.29, 0.717) is 22.8 Å². The van der Waals surface area contributed by atoms with Gasteiger partial charge in [-0.25, -0.2) is 13.6 Å². The highest BCUT2D eigenvalue weighted by Gasteiger charge is 2.11. The van der Waals surface area contributed by atoms with Crippen LogP contribution in [-0.2, 0) is 14.3 Å². The normalized spacial score (nSPS) is 10.5. The minimum Gasteiger partial charge on any atom is -0.496 e. The Balaban J connectivity index is 1.97. The molecule has 0 aliphatic rings. The Bertz CT molecular complexity index is 929. The van der Waals surface area contributed by atoms with Crippen LogP contribution in [0.4, 0.5) is 14.5 Å². The molecule has 154 valence electrons. The van der Waals surface area contributed by atoms with Gasteiger partial charge in [0.2, 0.25) is 0 Å². The van der Waals surface area contributed by atoms with Gasteiger partial charge < -0.3 is 24.3 Å². The highest BCUT2D eigenvalue weighted by Crippen LogP contribution is 2.35. The molecule has 2 aromatic carbocycles. The number of hydrogen-bond donors (Lipinski definition) is 1. The number of carbonyl (C=O) groups excluding carboxylic acids is 2. The number of halogens is 2. The van der Waals surface area contributed by atoms with Crippen LogP contribution < -0.4 is 19.5 Å². The van der Waals surface area contributed by atoms with Crippen LogP contribution in [-0.4, -0.2) is 39.8 Å². The van der Waals surface area contributed by atoms with Crippen molar-refractivity contribution in [2.75, 3.05) is 33.3 Å². The van der Waals surface area contributed by atoms with Gasteiger partial charge in [-0.15, -0.1) is 0 Å². The second kappa shape index (κ2) is 10.1. The summed E-state index contributed by atoms with van der Waals surface area (Å²) >= 11 is 0. The minimum atomic E-state index is -1.11. The van der Waals surface area contributed by atoms with E-state index in [2.05, 4.69) is 5.32 Å². The molecule has 2 rings (SSSR count). The third-order valence-electron chi connectivity index (χ3n) is 3.68. The quantitative estimate of drug-likeness (QED) is 0.535. The fourth-order valence-electron chi connectivity index (χ4n) is 2.30. The number of esters is 1. The lowest BCUT2D eigenvalue weighted by Gasteiger charge is -2.12. The van der Waals surface area contributed by atoms with Crippen molar-refractivity contribution < 1.29 is 37.3 Å². The van der Waals surface area contributed by atoms with Crippen molar-refractivity contribution in [3.63, 3.8) is 0 Å². The standard InChI is InChI=1S/C20H19F2NO6/c1-26-16-10-18(28-3)17(27-2)8-12(16)4-7-20(25)29-11-19(24)23-13-5-6-14(21)15(22)9-13/h4-10H,11H2,1-3H3,(H,23,24)/b7-4+. The molecule has 0 saturated heterocycles. The molecule has 0 saturated carbocycles. The van der Waals surface area contributed by atoms with Gasteiger partial charge >= 0.3 is 5.97 Å². The monoisotopic (exact) mass is 407 g/mol. The van der Waals surface area contributed by atoms with Crippen LogP contribution in [0.25, 0.3) is 6.08 Å². The van der Waals surface area contributed by atoms with Gasteiger partial charge in [-0.1, -0.05) is 0 Å². The minimum absolute atomic E-state index is 0.0376. The summed E-state index contributed by atoms with van der Waals surface area (Å²) in [5, 5.41) is 2.29. The van der Waals surface area contributed by atoms with Crippen molar-refractivity contribution in [1.82, 2.24) is 0 Å². The summed E-state index contributed by atoms with van der Waals surface area (Å²) in [5.74, 6) is -2.31. The number of hydrogen-bond acceptors (Lipinski definition) is 6. The summed E-state index contributed by atoms with van der Waals surface area (Å²) < 4.78 is 46.4. The molecular weight excluding hydrogens is 388 g/mol. The topological polar surface area (TPSA) is 83.1 Å². The van der Waals surface area contributed by atoms with Crippen molar-refractivity contribution in [2.45, 2.75) is 0 Å². The molecule has 2 aromatic rings. The number of nitrogens with one attached hydrogen (secondary N) is 1. The van der Waals surface area contributed by atoms with Crippen LogP contribution in [0.3, 0.4) is 0 Å². The van der Waals surface area contributed by atoms with E-state index in [1.807, 2.05) is 0 Å². The van der Waals surface area contributed by atoms with Gasteiger partial charge in [-0.3, -0.25) is 4.79 Å². The lowest BCUT2D eigenvalue weighted by Crippen LogP contribution is -2.20. The number of carbonyl (C=O) groups is 2. The van der Waals surface area contributed by atoms with E-state index in [1.54, 1.807) is 12.1 Å². The molecule has 0 radical (unpaired) electrons. The summed E-state index contributed by atoms with van der Waals surface area (Å²) in [6.07, 6.45) is 2.53. The van der Waals surface area contributed by atoms with Crippen LogP contribution in [0.1, 0.15) is 5.56 Å². The first-order valence-corrected chi connectivity index (χ1v) is 8.27. The SMILES string of the molecule is COc1cc(OC)c(OC)cc1/C=C/C(=O)OCC(=O)Nc1ccc(F)c(F)c1. The van der Waals surface area contributed by atoms with Crippen molar-refractivity contribution >= 4 is 23.6 Å². The first kappa shape index (κ1) is 21.7. The Kier molecular flexibility index (Phi) is 7.53. The molecule has 0 unspecified atom stereocenters. The molecule has 29 heavy (non-hydrogen) atoms. The van der Waals surface area contributed by atoms with Gasteiger partial charge in [0.05, 0.1) is 21.3 Å². The maximum absolute atomic E-state index is 13.1. The van der Waals surface area contributed by atoms with E-state index in [0.717, 1.165) is 18.2 Å². The molecule has 0 spiro atoms. The zero-order valence-corrected chi connectivity index (χ0v) is 16.0. The molecule has 0 aliphatic carbocycles. The average Bonchev–Trinajstić information content (AvgIpc) is 2.72. The van der Waals surface area contributed by atoms with Crippen molar-refractivity contribution in [3.8, 4) is 17.2 Å². The number of anilines is 1. The van der Waals surface area contributed by atoms with Crippen LogP contribution in [0, 0.1) is 11.6 Å². The molecule has 0 fully saturated rings. The Morgan fingerprint density at radius 2 is 1.59 bits per heavy atom. The summed E-state index contributed by atoms with van der Waals surface area (Å²) in [6, 6.07) is 6.08. The number of benzene rings is 2. The predicted octanol–water partition coefficient (Wildman–Crippen LogP) is 3.19. The molecular formula is C20H19F2NO6. The first-order valence-electron chi connectivity index (χ1n) is 8.27. The highest BCUT2D eigenvalue weighted by molar-refractivity contribution is 5.94. The smallest absolute Gasteiger partial charge is 0.331 e. The Morgan fingerprint density at radius 1 is 0.931 bits per heavy atom. The molecule has 9 heteroatoms. The predicted molar refractivity (Wildman–Crippen MR) is 101 cm³/mol. The van der Waals surface area contributed by atoms with E-state index in [4.69, 9.17) is 18.9 Å². The van der Waals surface area contributed by atoms with Crippen molar-refractivity contribution in [1.29, 1.82) is 0 Å². The Morgan fingerprint density at radius 3 is 2.21 bits per heavy atom. The number of ether oxygens (including phenoxy) is 4. The lowest BCUT2D eigenvalue weighted by molar-refractivity contribution is -0.142. The zero-order valence-electron chi connectivity index (χ0n) is 16.0. The van der Waals surface area contributed by atoms with E-state index in [-0.39, 0.29) is 5.69 Å². The Labute approximate surface area is 165 Å². The van der Waals surface area contributed by atoms with Crippen LogP contribution >= 0.6 is 0 Å². The molecule has 1 amide bonds. The van der Waals surface area contributed by atoms with Gasteiger partial charge in [0.15, 0.2) is 29.7 Å².